The van der Waals surface area contributed by atoms with Crippen molar-refractivity contribution in [3.63, 3.8) is 0 Å². The third-order valence-electron chi connectivity index (χ3n) is 20.3. The van der Waals surface area contributed by atoms with Crippen LogP contribution >= 0.6 is 23.9 Å². The summed E-state index contributed by atoms with van der Waals surface area (Å²) in [5.74, 6) is 3.86. The summed E-state index contributed by atoms with van der Waals surface area (Å²) in [5, 5.41) is 9.34. The number of ether oxygens (including phenoxy) is 4. The summed E-state index contributed by atoms with van der Waals surface area (Å²) >= 11 is 3.37. The van der Waals surface area contributed by atoms with Crippen LogP contribution in [0.1, 0.15) is 131 Å². The van der Waals surface area contributed by atoms with Crippen LogP contribution in [0.15, 0.2) is 290 Å². The Hall–Kier alpha value is -9.85. The number of benzene rings is 12. The van der Waals surface area contributed by atoms with Crippen LogP contribution < -0.4 is 24.3 Å². The first-order chi connectivity index (χ1) is 51.8. The molecule has 0 unspecified atom stereocenters. The molecule has 0 N–H and O–H groups in total. The maximum atomic E-state index is 6.67. The van der Waals surface area contributed by atoms with Gasteiger partial charge in [0, 0.05) is 65.6 Å². The van der Waals surface area contributed by atoms with Crippen molar-refractivity contribution in [1.82, 2.24) is 13.7 Å². The zero-order valence-corrected chi connectivity index (χ0v) is 65.2. The van der Waals surface area contributed by atoms with Crippen LogP contribution in [0.4, 0.5) is 0 Å². The fourth-order valence-electron chi connectivity index (χ4n) is 16.1. The number of hydrogen-bond acceptors (Lipinski definition) is 4. The lowest BCUT2D eigenvalue weighted by Crippen LogP contribution is -2.29. The molecule has 15 aromatic rings. The van der Waals surface area contributed by atoms with E-state index in [4.69, 9.17) is 18.9 Å². The van der Waals surface area contributed by atoms with Gasteiger partial charge < -0.3 is 32.6 Å². The topological polar surface area (TPSA) is 51.7 Å². The molecule has 18 rings (SSSR count). The molecule has 3 aliphatic rings. The van der Waals surface area contributed by atoms with Crippen molar-refractivity contribution in [3.05, 3.63) is 301 Å². The summed E-state index contributed by atoms with van der Waals surface area (Å²) in [7, 11) is -0.326. The minimum Gasteiger partial charge on any atom is -0.491 e. The number of rotatable bonds is 14. The molecular weight excluding hydrogens is 1380 g/mol. The van der Waals surface area contributed by atoms with E-state index in [-0.39, 0.29) is 32.3 Å². The lowest BCUT2D eigenvalue weighted by atomic mass is 9.99. The van der Waals surface area contributed by atoms with Crippen LogP contribution in [-0.4, -0.2) is 49.4 Å². The Labute approximate surface area is 636 Å². The van der Waals surface area contributed by atoms with Crippen molar-refractivity contribution in [2.75, 3.05) is 0 Å². The van der Waals surface area contributed by atoms with Crippen LogP contribution in [0.5, 0.6) is 23.0 Å². The van der Waals surface area contributed by atoms with Crippen LogP contribution in [0.25, 0.3) is 93.6 Å². The summed E-state index contributed by atoms with van der Waals surface area (Å²) in [5.41, 5.74) is 18.5. The first kappa shape index (κ1) is 73.1. The van der Waals surface area contributed by atoms with Gasteiger partial charge in [0.25, 0.3) is 0 Å². The highest BCUT2D eigenvalue weighted by Crippen LogP contribution is 2.58. The van der Waals surface area contributed by atoms with Gasteiger partial charge in [-0.05, 0) is 212 Å². The zero-order valence-electron chi connectivity index (χ0n) is 62.7. The molecular formula is C97H99BrN3O4P. The number of nitrogens with zero attached hydrogens (tertiary/aromatic N) is 3. The quantitative estimate of drug-likeness (QED) is 0.102. The van der Waals surface area contributed by atoms with Gasteiger partial charge in [-0.3, -0.25) is 0 Å². The van der Waals surface area contributed by atoms with E-state index in [1.807, 2.05) is 77.9 Å². The number of hydrogen-bond donors (Lipinski definition) is 0. The van der Waals surface area contributed by atoms with Gasteiger partial charge in [-0.1, -0.05) is 244 Å². The molecule has 3 aliphatic carbocycles. The first-order valence-electron chi connectivity index (χ1n) is 38.5. The van der Waals surface area contributed by atoms with Crippen molar-refractivity contribution in [1.29, 1.82) is 0 Å². The third-order valence-corrected chi connectivity index (χ3v) is 24.4. The molecule has 9 heteroatoms. The molecule has 0 spiro atoms. The van der Waals surface area contributed by atoms with E-state index >= 15 is 0 Å². The molecule has 106 heavy (non-hydrogen) atoms. The molecule has 12 aromatic carbocycles. The average molecular weight is 1480 g/mol. The van der Waals surface area contributed by atoms with Gasteiger partial charge >= 0.3 is 0 Å². The standard InChI is InChI=1S/C33H40NOP.2C21H19NO.C13H10.C9H11BrO/c1-24(2)35-32-23-13-22-31(34-29-20-11-9-18-27(29)28-19-10-12-21-30(28)34)33(32)36(25-14-5-3-6-15-25)26-16-7-4-8-17-26;2*1-15(2)23-17-9-7-8-16(14-17)22-20-12-5-3-10-18(20)19-11-4-6-13-21(19)22;1-3-7-12-10(5-1)9-11-6-2-4-8-13(11)12;1-7(2)11-9-5-3-4-8(10)6-9/h9-13,18-26H,3-8,14-17H2,1-2H3;2*3-15H,1-2H3;1-8H,9H2;3-7H,1-2H3. The lowest BCUT2D eigenvalue weighted by molar-refractivity contribution is 0.242. The summed E-state index contributed by atoms with van der Waals surface area (Å²) in [6, 6.07) is 101. The van der Waals surface area contributed by atoms with Crippen molar-refractivity contribution in [2.24, 2.45) is 0 Å². The minimum atomic E-state index is -0.326. The maximum Gasteiger partial charge on any atom is 0.129 e. The summed E-state index contributed by atoms with van der Waals surface area (Å²) in [6.45, 7) is 16.6. The predicted octanol–water partition coefficient (Wildman–Crippen LogP) is 27.0. The second-order valence-electron chi connectivity index (χ2n) is 29.3. The lowest BCUT2D eigenvalue weighted by Gasteiger charge is -2.40. The van der Waals surface area contributed by atoms with Crippen molar-refractivity contribution in [3.8, 4) is 51.2 Å². The Morgan fingerprint density at radius 3 is 1.00 bits per heavy atom. The normalized spacial score (nSPS) is 13.6. The molecule has 3 aromatic heterocycles. The van der Waals surface area contributed by atoms with Gasteiger partial charge in [0.15, 0.2) is 0 Å². The van der Waals surface area contributed by atoms with E-state index in [1.165, 1.54) is 158 Å². The van der Waals surface area contributed by atoms with Gasteiger partial charge in [0.1, 0.15) is 23.0 Å². The second-order valence-corrected chi connectivity index (χ2v) is 33.0. The van der Waals surface area contributed by atoms with E-state index in [9.17, 15) is 0 Å². The summed E-state index contributed by atoms with van der Waals surface area (Å²) in [4.78, 5) is 0. The van der Waals surface area contributed by atoms with E-state index in [2.05, 4.69) is 292 Å². The second kappa shape index (κ2) is 34.2. The van der Waals surface area contributed by atoms with Gasteiger partial charge in [0.2, 0.25) is 0 Å². The Kier molecular flexibility index (Phi) is 23.5. The molecule has 3 heterocycles. The van der Waals surface area contributed by atoms with Crippen LogP contribution in [-0.2, 0) is 6.42 Å². The van der Waals surface area contributed by atoms with Gasteiger partial charge in [-0.25, -0.2) is 0 Å². The monoisotopic (exact) mass is 1480 g/mol. The number of aromatic nitrogens is 3. The van der Waals surface area contributed by atoms with E-state index in [0.29, 0.717) is 0 Å². The molecule has 0 amide bonds. The molecule has 0 bridgehead atoms. The molecule has 538 valence electrons. The largest absolute Gasteiger partial charge is 0.491 e. The molecule has 0 aliphatic heterocycles. The SMILES string of the molecule is CC(C)Oc1cccc(-n2c3ccccc3c3ccccc32)c1.CC(C)Oc1cccc(-n2c3ccccc3c3ccccc32)c1.CC(C)Oc1cccc(-n2c3ccccc3c3ccccc32)c1P(C1CCCCC1)C1CCCCC1.CC(C)Oc1cccc(Br)c1.c1ccc2c(c1)Cc1ccccc1-2. The first-order valence-corrected chi connectivity index (χ1v) is 40.8. The van der Waals surface area contributed by atoms with Crippen LogP contribution in [0, 0.1) is 0 Å². The van der Waals surface area contributed by atoms with Gasteiger partial charge in [-0.15, -0.1) is 0 Å². The Morgan fingerprint density at radius 1 is 0.311 bits per heavy atom. The summed E-state index contributed by atoms with van der Waals surface area (Å²) < 4.78 is 32.1. The molecule has 7 nitrogen and oxygen atoms in total. The van der Waals surface area contributed by atoms with Crippen molar-refractivity contribution < 1.29 is 18.9 Å². The molecule has 2 saturated carbocycles. The fourth-order valence-corrected chi connectivity index (χ4v) is 20.5. The molecule has 0 saturated heterocycles. The highest BCUT2D eigenvalue weighted by Gasteiger charge is 2.37. The van der Waals surface area contributed by atoms with E-state index in [1.54, 1.807) is 5.30 Å². The van der Waals surface area contributed by atoms with E-state index in [0.717, 1.165) is 56.6 Å². The fraction of sp³-hybridized carbons (Fsp3) is 0.258. The van der Waals surface area contributed by atoms with Crippen molar-refractivity contribution >= 4 is 94.6 Å². The Morgan fingerprint density at radius 2 is 0.632 bits per heavy atom. The summed E-state index contributed by atoms with van der Waals surface area (Å²) in [6.07, 6.45) is 15.8. The van der Waals surface area contributed by atoms with Crippen LogP contribution in [0.2, 0.25) is 0 Å². The highest BCUT2D eigenvalue weighted by molar-refractivity contribution is 9.10. The van der Waals surface area contributed by atoms with Crippen LogP contribution in [0.3, 0.4) is 0 Å². The Balaban J connectivity index is 0.000000118. The molecule has 0 radical (unpaired) electrons. The van der Waals surface area contributed by atoms with Gasteiger partial charge in [-0.2, -0.15) is 0 Å². The van der Waals surface area contributed by atoms with E-state index < -0.39 is 0 Å². The average Bonchev–Trinajstić information content (AvgIpc) is 1.48. The third kappa shape index (κ3) is 16.6. The highest BCUT2D eigenvalue weighted by atomic mass is 79.9. The zero-order chi connectivity index (χ0) is 73.0. The number of para-hydroxylation sites is 6. The minimum absolute atomic E-state index is 0.170. The smallest absolute Gasteiger partial charge is 0.129 e. The van der Waals surface area contributed by atoms with Crippen molar-refractivity contribution in [2.45, 2.75) is 162 Å². The number of halogens is 1. The molecule has 0 atom stereocenters. The Bertz CT molecular complexity index is 5070. The predicted molar refractivity (Wildman–Crippen MR) is 455 cm³/mol. The van der Waals surface area contributed by atoms with Gasteiger partial charge in [0.05, 0.1) is 63.2 Å². The molecule has 2 fully saturated rings. The number of fused-ring (bicyclic) bond motifs is 12. The maximum absolute atomic E-state index is 6.67.